The summed E-state index contributed by atoms with van der Waals surface area (Å²) in [7, 11) is 1.54. The minimum absolute atomic E-state index is 0.145. The normalized spacial score (nSPS) is 9.75. The minimum Gasteiger partial charge on any atom is -0.384 e. The molecule has 66 valence electrons. The zero-order chi connectivity index (χ0) is 8.81. The van der Waals surface area contributed by atoms with Gasteiger partial charge in [-0.25, -0.2) is 5.10 Å². The number of carbonyl (C=O) groups is 1. The highest BCUT2D eigenvalue weighted by Gasteiger charge is 2.02. The van der Waals surface area contributed by atoms with Crippen LogP contribution in [0.2, 0.25) is 0 Å². The van der Waals surface area contributed by atoms with E-state index in [2.05, 4.69) is 20.5 Å². The van der Waals surface area contributed by atoms with Crippen molar-refractivity contribution < 1.29 is 9.53 Å². The molecule has 1 rings (SSSR count). The van der Waals surface area contributed by atoms with Gasteiger partial charge in [-0.2, -0.15) is 10.1 Å². The van der Waals surface area contributed by atoms with Gasteiger partial charge in [-0.1, -0.05) is 0 Å². The van der Waals surface area contributed by atoms with Crippen molar-refractivity contribution in [2.45, 2.75) is 6.42 Å². The number of amides is 1. The minimum atomic E-state index is -0.145. The van der Waals surface area contributed by atoms with E-state index in [1.807, 2.05) is 0 Å². The molecule has 6 nitrogen and oxygen atoms in total. The van der Waals surface area contributed by atoms with E-state index in [1.165, 1.54) is 6.33 Å². The number of rotatable bonds is 4. The second kappa shape index (κ2) is 4.45. The first-order valence-electron chi connectivity index (χ1n) is 3.47. The zero-order valence-electron chi connectivity index (χ0n) is 6.70. The molecule has 0 saturated carbocycles. The second-order valence-corrected chi connectivity index (χ2v) is 2.13. The van der Waals surface area contributed by atoms with Gasteiger partial charge in [-0.3, -0.25) is 10.1 Å². The van der Waals surface area contributed by atoms with Gasteiger partial charge >= 0.3 is 0 Å². The maximum absolute atomic E-state index is 11.0. The lowest BCUT2D eigenvalue weighted by Gasteiger charge is -1.99. The Morgan fingerprint density at radius 1 is 1.83 bits per heavy atom. The Bertz CT molecular complexity index is 234. The molecular weight excluding hydrogens is 160 g/mol. The van der Waals surface area contributed by atoms with Gasteiger partial charge in [-0.05, 0) is 0 Å². The van der Waals surface area contributed by atoms with Crippen LogP contribution in [0, 0.1) is 0 Å². The first kappa shape index (κ1) is 8.66. The Balaban J connectivity index is 2.27. The molecule has 2 N–H and O–H groups in total. The number of hydrogen-bond donors (Lipinski definition) is 2. The highest BCUT2D eigenvalue weighted by atomic mass is 16.5. The molecular formula is C6H10N4O2. The number of anilines is 1. The monoisotopic (exact) mass is 170 g/mol. The number of H-pyrrole nitrogens is 1. The zero-order valence-corrected chi connectivity index (χ0v) is 6.70. The van der Waals surface area contributed by atoms with Crippen molar-refractivity contribution in [3.05, 3.63) is 6.33 Å². The molecule has 0 unspecified atom stereocenters. The summed E-state index contributed by atoms with van der Waals surface area (Å²) in [5, 5.41) is 8.59. The van der Waals surface area contributed by atoms with Crippen molar-refractivity contribution in [1.29, 1.82) is 0 Å². The number of ether oxygens (including phenoxy) is 1. The van der Waals surface area contributed by atoms with E-state index in [0.29, 0.717) is 19.0 Å². The molecule has 0 fully saturated rings. The van der Waals surface area contributed by atoms with Crippen molar-refractivity contribution in [1.82, 2.24) is 15.2 Å². The molecule has 6 heteroatoms. The van der Waals surface area contributed by atoms with Crippen LogP contribution in [-0.4, -0.2) is 34.8 Å². The van der Waals surface area contributed by atoms with Crippen LogP contribution >= 0.6 is 0 Å². The van der Waals surface area contributed by atoms with E-state index < -0.39 is 0 Å². The van der Waals surface area contributed by atoms with Crippen LogP contribution in [0.15, 0.2) is 6.33 Å². The summed E-state index contributed by atoms with van der Waals surface area (Å²) < 4.78 is 4.72. The number of nitrogens with zero attached hydrogens (tertiary/aromatic N) is 2. The third kappa shape index (κ3) is 2.67. The van der Waals surface area contributed by atoms with Gasteiger partial charge in [0.25, 0.3) is 0 Å². The van der Waals surface area contributed by atoms with Crippen LogP contribution in [0.4, 0.5) is 5.95 Å². The van der Waals surface area contributed by atoms with Crippen LogP contribution in [0.3, 0.4) is 0 Å². The summed E-state index contributed by atoms with van der Waals surface area (Å²) in [5.41, 5.74) is 0. The van der Waals surface area contributed by atoms with Crippen LogP contribution < -0.4 is 5.32 Å². The summed E-state index contributed by atoms with van der Waals surface area (Å²) in [6.45, 7) is 0.403. The number of methoxy groups -OCH3 is 1. The van der Waals surface area contributed by atoms with Gasteiger partial charge in [-0.15, -0.1) is 0 Å². The first-order valence-corrected chi connectivity index (χ1v) is 3.47. The van der Waals surface area contributed by atoms with Gasteiger partial charge in [0.1, 0.15) is 6.33 Å². The van der Waals surface area contributed by atoms with Crippen molar-refractivity contribution in [2.75, 3.05) is 19.0 Å². The summed E-state index contributed by atoms with van der Waals surface area (Å²) in [4.78, 5) is 14.7. The Labute approximate surface area is 69.3 Å². The highest BCUT2D eigenvalue weighted by molar-refractivity contribution is 5.88. The molecule has 0 radical (unpaired) electrons. The molecule has 1 aromatic rings. The van der Waals surface area contributed by atoms with Crippen molar-refractivity contribution >= 4 is 11.9 Å². The Morgan fingerprint density at radius 3 is 3.25 bits per heavy atom. The number of hydrogen-bond acceptors (Lipinski definition) is 4. The molecule has 0 saturated heterocycles. The Kier molecular flexibility index (Phi) is 3.21. The molecule has 0 aliphatic heterocycles. The van der Waals surface area contributed by atoms with E-state index in [-0.39, 0.29) is 5.91 Å². The summed E-state index contributed by atoms with van der Waals surface area (Å²) in [5.74, 6) is 0.213. The second-order valence-electron chi connectivity index (χ2n) is 2.13. The molecule has 1 amide bonds. The number of aromatic amines is 1. The SMILES string of the molecule is COCCC(=O)Nc1ncn[nH]1. The fraction of sp³-hybridized carbons (Fsp3) is 0.500. The average molecular weight is 170 g/mol. The fourth-order valence-electron chi connectivity index (χ4n) is 0.655. The van der Waals surface area contributed by atoms with Crippen LogP contribution in [0.5, 0.6) is 0 Å². The smallest absolute Gasteiger partial charge is 0.229 e. The predicted octanol–water partition coefficient (Wildman–Crippen LogP) is -0.220. The third-order valence-electron chi connectivity index (χ3n) is 1.21. The van der Waals surface area contributed by atoms with Crippen molar-refractivity contribution in [2.24, 2.45) is 0 Å². The van der Waals surface area contributed by atoms with Crippen LogP contribution in [0.25, 0.3) is 0 Å². The largest absolute Gasteiger partial charge is 0.384 e. The maximum Gasteiger partial charge on any atom is 0.229 e. The number of aromatic nitrogens is 3. The molecule has 0 bridgehead atoms. The number of nitrogens with one attached hydrogen (secondary N) is 2. The van der Waals surface area contributed by atoms with Crippen molar-refractivity contribution in [3.8, 4) is 0 Å². The molecule has 0 atom stereocenters. The molecule has 1 heterocycles. The maximum atomic E-state index is 11.0. The highest BCUT2D eigenvalue weighted by Crippen LogP contribution is 1.93. The molecule has 12 heavy (non-hydrogen) atoms. The molecule has 0 aliphatic rings. The van der Waals surface area contributed by atoms with E-state index in [1.54, 1.807) is 7.11 Å². The summed E-state index contributed by atoms with van der Waals surface area (Å²) >= 11 is 0. The average Bonchev–Trinajstić information content (AvgIpc) is 2.53. The van der Waals surface area contributed by atoms with Gasteiger partial charge in [0, 0.05) is 7.11 Å². The Morgan fingerprint density at radius 2 is 2.67 bits per heavy atom. The quantitative estimate of drug-likeness (QED) is 0.654. The molecule has 0 aromatic carbocycles. The lowest BCUT2D eigenvalue weighted by atomic mass is 10.4. The Hall–Kier alpha value is -1.43. The van der Waals surface area contributed by atoms with E-state index in [4.69, 9.17) is 4.74 Å². The van der Waals surface area contributed by atoms with Crippen LogP contribution in [0.1, 0.15) is 6.42 Å². The molecule has 1 aromatic heterocycles. The van der Waals surface area contributed by atoms with Gasteiger partial charge in [0.15, 0.2) is 0 Å². The van der Waals surface area contributed by atoms with E-state index in [9.17, 15) is 4.79 Å². The van der Waals surface area contributed by atoms with Gasteiger partial charge < -0.3 is 4.74 Å². The third-order valence-corrected chi connectivity index (χ3v) is 1.21. The fourth-order valence-corrected chi connectivity index (χ4v) is 0.655. The standard InChI is InChI=1S/C6H10N4O2/c1-12-3-2-5(11)9-6-7-4-8-10-6/h4H,2-3H2,1H3,(H2,7,8,9,10,11). The van der Waals surface area contributed by atoms with E-state index in [0.717, 1.165) is 0 Å². The summed E-state index contributed by atoms with van der Waals surface area (Å²) in [6, 6.07) is 0. The number of carbonyl (C=O) groups excluding carboxylic acids is 1. The topological polar surface area (TPSA) is 79.9 Å². The van der Waals surface area contributed by atoms with Gasteiger partial charge in [0.2, 0.25) is 11.9 Å². The molecule has 0 spiro atoms. The van der Waals surface area contributed by atoms with Gasteiger partial charge in [0.05, 0.1) is 13.0 Å². The lowest BCUT2D eigenvalue weighted by Crippen LogP contribution is -2.14. The lowest BCUT2D eigenvalue weighted by molar-refractivity contribution is -0.117. The van der Waals surface area contributed by atoms with Crippen molar-refractivity contribution in [3.63, 3.8) is 0 Å². The first-order chi connectivity index (χ1) is 5.83. The summed E-state index contributed by atoms with van der Waals surface area (Å²) in [6.07, 6.45) is 1.64. The van der Waals surface area contributed by atoms with Crippen LogP contribution in [-0.2, 0) is 9.53 Å². The predicted molar refractivity (Wildman–Crippen MR) is 41.5 cm³/mol. The van der Waals surface area contributed by atoms with E-state index >= 15 is 0 Å². The molecule has 0 aliphatic carbocycles.